The average molecular weight is 617 g/mol. The highest BCUT2D eigenvalue weighted by Gasteiger charge is 2.38. The zero-order valence-corrected chi connectivity index (χ0v) is 26.8. The van der Waals surface area contributed by atoms with Crippen molar-refractivity contribution >= 4 is 33.5 Å². The molecule has 3 rings (SSSR count). The zero-order valence-electron chi connectivity index (χ0n) is 26.0. The quantitative estimate of drug-likeness (QED) is 0.188. The van der Waals surface area contributed by atoms with Crippen LogP contribution in [-0.2, 0) is 27.2 Å². The normalized spacial score (nSPS) is 16.0. The van der Waals surface area contributed by atoms with Crippen LogP contribution in [0.2, 0.25) is 0 Å². The Labute approximate surface area is 249 Å². The number of nitrogens with one attached hydrogen (secondary N) is 1. The first-order valence-electron chi connectivity index (χ1n) is 14.5. The van der Waals surface area contributed by atoms with Crippen LogP contribution in [-0.4, -0.2) is 76.5 Å². The first kappa shape index (κ1) is 34.0. The number of aromatic nitrogens is 4. The summed E-state index contributed by atoms with van der Waals surface area (Å²) in [6, 6.07) is 2.10. The first-order valence-corrected chi connectivity index (χ1v) is 17.6. The highest BCUT2D eigenvalue weighted by molar-refractivity contribution is 8.32. The van der Waals surface area contributed by atoms with Gasteiger partial charge in [0.15, 0.2) is 5.82 Å². The molecule has 13 heteroatoms. The second-order valence-electron chi connectivity index (χ2n) is 12.4. The minimum absolute atomic E-state index is 0.147. The molecule has 2 heterocycles. The van der Waals surface area contributed by atoms with Crippen LogP contribution in [0.1, 0.15) is 76.6 Å². The fourth-order valence-corrected chi connectivity index (χ4v) is 5.60. The molecule has 1 aliphatic carbocycles. The predicted octanol–water partition coefficient (Wildman–Crippen LogP) is 6.57. The van der Waals surface area contributed by atoms with Crippen molar-refractivity contribution in [3.05, 3.63) is 23.7 Å². The SMILES string of the molecule is COC(=O)C[C@@H](C)c1cnc(N(CC(C)C)C2CCCCC2)c(Nc2nc(C(F)(F)F)n(COCCS(C)(C)C)n2)c1. The van der Waals surface area contributed by atoms with Crippen LogP contribution in [0, 0.1) is 5.92 Å². The summed E-state index contributed by atoms with van der Waals surface area (Å²) < 4.78 is 53.0. The number of hydrogen-bond donors (Lipinski definition) is 1. The Bertz CT molecular complexity index is 1160. The van der Waals surface area contributed by atoms with Crippen molar-refractivity contribution in [1.82, 2.24) is 19.7 Å². The minimum atomic E-state index is -4.71. The monoisotopic (exact) mass is 616 g/mol. The Morgan fingerprint density at radius 2 is 1.88 bits per heavy atom. The molecule has 2 aromatic rings. The van der Waals surface area contributed by atoms with Gasteiger partial charge in [0.1, 0.15) is 6.73 Å². The van der Waals surface area contributed by atoms with Gasteiger partial charge in [-0.3, -0.25) is 4.79 Å². The van der Waals surface area contributed by atoms with Crippen LogP contribution in [0.15, 0.2) is 12.3 Å². The van der Waals surface area contributed by atoms with Gasteiger partial charge in [0, 0.05) is 24.5 Å². The zero-order chi connectivity index (χ0) is 31.1. The van der Waals surface area contributed by atoms with Gasteiger partial charge in [-0.05, 0) is 55.1 Å². The summed E-state index contributed by atoms with van der Waals surface area (Å²) in [5, 5.41) is 7.21. The number of hydrogen-bond acceptors (Lipinski definition) is 8. The number of esters is 1. The second kappa shape index (κ2) is 14.8. The maximum Gasteiger partial charge on any atom is 0.451 e. The maximum atomic E-state index is 14.0. The van der Waals surface area contributed by atoms with Crippen molar-refractivity contribution in [2.24, 2.45) is 5.92 Å². The number of halogens is 3. The standard InChI is InChI=1S/C29H47F3N6O3S/c1-20(2)18-37(23-11-9-8-10-12-23)26-24(16-22(17-33-26)21(3)15-25(39)40-4)34-28-35-27(29(30,31)32)38(36-28)19-41-13-14-42(5,6)7/h16-17,20-21,23H,8-15,18-19H2,1-7H3,(H,34,36)/t21-/m1/s1. The number of nitrogens with zero attached hydrogens (tertiary/aromatic N) is 5. The molecule has 1 aliphatic rings. The van der Waals surface area contributed by atoms with E-state index in [1.54, 1.807) is 6.20 Å². The van der Waals surface area contributed by atoms with E-state index in [1.807, 2.05) is 13.0 Å². The lowest BCUT2D eigenvalue weighted by Crippen LogP contribution is -2.40. The third-order valence-corrected chi connectivity index (χ3v) is 8.62. The van der Waals surface area contributed by atoms with Gasteiger partial charge in [0.2, 0.25) is 11.8 Å². The molecule has 1 N–H and O–H groups in total. The van der Waals surface area contributed by atoms with E-state index in [9.17, 15) is 18.0 Å². The van der Waals surface area contributed by atoms with Crippen LogP contribution >= 0.6 is 10.0 Å². The summed E-state index contributed by atoms with van der Waals surface area (Å²) in [5.74, 6) is -0.160. The number of carbonyl (C=O) groups excluding carboxylic acids is 1. The molecular weight excluding hydrogens is 569 g/mol. The summed E-state index contributed by atoms with van der Waals surface area (Å²) in [4.78, 5) is 22.9. The van der Waals surface area contributed by atoms with Crippen molar-refractivity contribution in [3.8, 4) is 0 Å². The number of methoxy groups -OCH3 is 1. The van der Waals surface area contributed by atoms with E-state index in [0.29, 0.717) is 24.0 Å². The van der Waals surface area contributed by atoms with E-state index >= 15 is 0 Å². The summed E-state index contributed by atoms with van der Waals surface area (Å²) >= 11 is 0. The summed E-state index contributed by atoms with van der Waals surface area (Å²) in [7, 11) is 0.489. The lowest BCUT2D eigenvalue weighted by Gasteiger charge is -2.37. The van der Waals surface area contributed by atoms with Crippen molar-refractivity contribution < 1.29 is 27.4 Å². The molecule has 0 aliphatic heterocycles. The Hall–Kier alpha value is -2.54. The maximum absolute atomic E-state index is 14.0. The van der Waals surface area contributed by atoms with Gasteiger partial charge >= 0.3 is 12.1 Å². The lowest BCUT2D eigenvalue weighted by molar-refractivity contribution is -0.150. The fourth-order valence-electron chi connectivity index (χ4n) is 4.98. The molecule has 1 saturated carbocycles. The predicted molar refractivity (Wildman–Crippen MR) is 163 cm³/mol. The Morgan fingerprint density at radius 3 is 2.48 bits per heavy atom. The number of carbonyl (C=O) groups is 1. The van der Waals surface area contributed by atoms with E-state index in [4.69, 9.17) is 14.5 Å². The molecule has 0 saturated heterocycles. The van der Waals surface area contributed by atoms with Crippen molar-refractivity contribution in [3.63, 3.8) is 0 Å². The van der Waals surface area contributed by atoms with Crippen LogP contribution < -0.4 is 10.2 Å². The molecule has 0 bridgehead atoms. The molecule has 0 aromatic carbocycles. The number of alkyl halides is 3. The fraction of sp³-hybridized carbons (Fsp3) is 0.724. The Morgan fingerprint density at radius 1 is 1.19 bits per heavy atom. The van der Waals surface area contributed by atoms with Crippen LogP contribution in [0.3, 0.4) is 0 Å². The average Bonchev–Trinajstić information content (AvgIpc) is 3.33. The van der Waals surface area contributed by atoms with E-state index in [0.717, 1.165) is 48.2 Å². The molecule has 42 heavy (non-hydrogen) atoms. The van der Waals surface area contributed by atoms with Crippen LogP contribution in [0.4, 0.5) is 30.6 Å². The van der Waals surface area contributed by atoms with Gasteiger partial charge in [-0.15, -0.1) is 5.10 Å². The third-order valence-electron chi connectivity index (χ3n) is 7.23. The van der Waals surface area contributed by atoms with Crippen molar-refractivity contribution in [1.29, 1.82) is 0 Å². The number of pyridine rings is 1. The van der Waals surface area contributed by atoms with Gasteiger partial charge in [0.25, 0.3) is 0 Å². The molecule has 0 spiro atoms. The second-order valence-corrected chi connectivity index (χ2v) is 17.0. The Balaban J connectivity index is 2.00. The molecule has 1 fully saturated rings. The van der Waals surface area contributed by atoms with Crippen LogP contribution in [0.25, 0.3) is 0 Å². The first-order chi connectivity index (χ1) is 19.7. The highest BCUT2D eigenvalue weighted by atomic mass is 32.3. The minimum Gasteiger partial charge on any atom is -0.469 e. The number of ether oxygens (including phenoxy) is 2. The van der Waals surface area contributed by atoms with E-state index in [2.05, 4.69) is 52.9 Å². The van der Waals surface area contributed by atoms with Crippen molar-refractivity contribution in [2.45, 2.75) is 84.2 Å². The molecule has 238 valence electrons. The van der Waals surface area contributed by atoms with E-state index < -0.39 is 22.0 Å². The van der Waals surface area contributed by atoms with E-state index in [-0.39, 0.29) is 37.0 Å². The molecule has 1 atom stereocenters. The van der Waals surface area contributed by atoms with Crippen LogP contribution in [0.5, 0.6) is 0 Å². The molecule has 0 amide bonds. The Kier molecular flexibility index (Phi) is 11.9. The molecular formula is C29H47F3N6O3S. The topological polar surface area (TPSA) is 94.4 Å². The van der Waals surface area contributed by atoms with Gasteiger partial charge in [-0.2, -0.15) is 18.2 Å². The van der Waals surface area contributed by atoms with Crippen molar-refractivity contribution in [2.75, 3.05) is 55.0 Å². The molecule has 9 nitrogen and oxygen atoms in total. The summed E-state index contributed by atoms with van der Waals surface area (Å²) in [5.41, 5.74) is 1.25. The van der Waals surface area contributed by atoms with Gasteiger partial charge in [0.05, 0.1) is 25.8 Å². The van der Waals surface area contributed by atoms with Gasteiger partial charge in [-0.1, -0.05) is 40.0 Å². The highest BCUT2D eigenvalue weighted by Crippen LogP contribution is 2.37. The number of rotatable bonds is 14. The molecule has 0 unspecified atom stereocenters. The largest absolute Gasteiger partial charge is 0.469 e. The summed E-state index contributed by atoms with van der Waals surface area (Å²) in [6.07, 6.45) is 9.01. The smallest absolute Gasteiger partial charge is 0.451 e. The summed E-state index contributed by atoms with van der Waals surface area (Å²) in [6.45, 7) is 6.87. The third kappa shape index (κ3) is 10.0. The van der Waals surface area contributed by atoms with E-state index in [1.165, 1.54) is 13.5 Å². The van der Waals surface area contributed by atoms with Gasteiger partial charge < -0.3 is 19.7 Å². The lowest BCUT2D eigenvalue weighted by atomic mass is 9.93. The molecule has 0 radical (unpaired) electrons. The number of anilines is 3. The molecule has 2 aromatic heterocycles. The van der Waals surface area contributed by atoms with Gasteiger partial charge in [-0.25, -0.2) is 19.7 Å².